The van der Waals surface area contributed by atoms with Crippen molar-refractivity contribution in [1.82, 2.24) is 9.78 Å². The molecule has 0 atom stereocenters. The van der Waals surface area contributed by atoms with Gasteiger partial charge in [-0.3, -0.25) is 9.59 Å². The predicted octanol–water partition coefficient (Wildman–Crippen LogP) is 2.20. The molecule has 3 rings (SSSR count). The molecule has 1 heterocycles. The Hall–Kier alpha value is -3.35. The van der Waals surface area contributed by atoms with E-state index in [1.807, 2.05) is 0 Å². The smallest absolute Gasteiger partial charge is 0.276 e. The Balaban J connectivity index is 2.01. The highest BCUT2D eigenvalue weighted by Crippen LogP contribution is 2.30. The number of amides is 1. The first-order chi connectivity index (χ1) is 12.0. The molecule has 7 nitrogen and oxygen atoms in total. The van der Waals surface area contributed by atoms with Crippen LogP contribution >= 0.6 is 0 Å². The van der Waals surface area contributed by atoms with Gasteiger partial charge in [0.15, 0.2) is 17.2 Å². The minimum absolute atomic E-state index is 0.174. The summed E-state index contributed by atoms with van der Waals surface area (Å²) < 4.78 is 11.6. The van der Waals surface area contributed by atoms with Crippen LogP contribution in [-0.2, 0) is 7.05 Å². The van der Waals surface area contributed by atoms with Crippen LogP contribution in [-0.4, -0.2) is 29.9 Å². The zero-order valence-electron chi connectivity index (χ0n) is 14.1. The number of anilines is 1. The van der Waals surface area contributed by atoms with Gasteiger partial charge < -0.3 is 14.8 Å². The molecule has 1 N–H and O–H groups in total. The Morgan fingerprint density at radius 3 is 2.40 bits per heavy atom. The molecule has 0 saturated heterocycles. The monoisotopic (exact) mass is 339 g/mol. The summed E-state index contributed by atoms with van der Waals surface area (Å²) in [6.45, 7) is 0. The van der Waals surface area contributed by atoms with Crippen molar-refractivity contribution in [1.29, 1.82) is 0 Å². The maximum atomic E-state index is 12.7. The Kier molecular flexibility index (Phi) is 4.38. The van der Waals surface area contributed by atoms with E-state index in [1.165, 1.54) is 21.3 Å². The molecule has 7 heteroatoms. The average Bonchev–Trinajstić information content (AvgIpc) is 2.64. The predicted molar refractivity (Wildman–Crippen MR) is 94.5 cm³/mol. The Labute approximate surface area is 143 Å². The molecule has 0 bridgehead atoms. The lowest BCUT2D eigenvalue weighted by Crippen LogP contribution is -2.25. The van der Waals surface area contributed by atoms with E-state index in [0.717, 1.165) is 4.68 Å². The van der Waals surface area contributed by atoms with Crippen molar-refractivity contribution in [3.05, 3.63) is 58.5 Å². The van der Waals surface area contributed by atoms with Crippen LogP contribution in [0.5, 0.6) is 11.5 Å². The first kappa shape index (κ1) is 16.5. The molecule has 0 aliphatic heterocycles. The molecule has 2 aromatic carbocycles. The molecule has 1 aromatic heterocycles. The largest absolute Gasteiger partial charge is 0.493 e. The summed E-state index contributed by atoms with van der Waals surface area (Å²) in [6, 6.07) is 11.9. The van der Waals surface area contributed by atoms with Gasteiger partial charge in [0.1, 0.15) is 0 Å². The van der Waals surface area contributed by atoms with Gasteiger partial charge in [0, 0.05) is 24.2 Å². The molecule has 0 unspecified atom stereocenters. The molecule has 3 aromatic rings. The van der Waals surface area contributed by atoms with E-state index in [1.54, 1.807) is 42.5 Å². The lowest BCUT2D eigenvalue weighted by atomic mass is 10.1. The summed E-state index contributed by atoms with van der Waals surface area (Å²) in [5, 5.41) is 7.83. The first-order valence-corrected chi connectivity index (χ1v) is 7.54. The molecule has 0 aliphatic rings. The van der Waals surface area contributed by atoms with Gasteiger partial charge >= 0.3 is 0 Å². The number of carbonyl (C=O) groups excluding carboxylic acids is 1. The molecular formula is C18H17N3O4. The van der Waals surface area contributed by atoms with Gasteiger partial charge in [0.2, 0.25) is 0 Å². The van der Waals surface area contributed by atoms with Crippen molar-refractivity contribution in [3.63, 3.8) is 0 Å². The highest BCUT2D eigenvalue weighted by Gasteiger charge is 2.16. The summed E-state index contributed by atoms with van der Waals surface area (Å²) in [4.78, 5) is 24.8. The number of hydrogen-bond donors (Lipinski definition) is 1. The fourth-order valence-corrected chi connectivity index (χ4v) is 2.57. The quantitative estimate of drug-likeness (QED) is 0.788. The molecule has 25 heavy (non-hydrogen) atoms. The number of aryl methyl sites for hydroxylation is 1. The van der Waals surface area contributed by atoms with Gasteiger partial charge in [-0.2, -0.15) is 5.10 Å². The lowest BCUT2D eigenvalue weighted by molar-refractivity contribution is 0.102. The number of methoxy groups -OCH3 is 2. The number of nitrogens with zero attached hydrogens (tertiary/aromatic N) is 2. The molecule has 0 saturated carbocycles. The van der Waals surface area contributed by atoms with E-state index in [9.17, 15) is 9.59 Å². The normalized spacial score (nSPS) is 10.5. The molecule has 0 spiro atoms. The van der Waals surface area contributed by atoms with Crippen LogP contribution in [0.2, 0.25) is 0 Å². The highest BCUT2D eigenvalue weighted by molar-refractivity contribution is 6.11. The second-order valence-corrected chi connectivity index (χ2v) is 5.35. The van der Waals surface area contributed by atoms with Crippen LogP contribution in [0.25, 0.3) is 10.8 Å². The standard InChI is InChI=1S/C18H17N3O4/c1-21-18(23)13-7-5-4-6-12(13)16(20-21)17(22)19-11-8-9-14(24-2)15(10-11)25-3/h4-10H,1-3H3,(H,19,22). The van der Waals surface area contributed by atoms with Gasteiger partial charge in [-0.05, 0) is 18.2 Å². The number of aromatic nitrogens is 2. The fraction of sp³-hybridized carbons (Fsp3) is 0.167. The third kappa shape index (κ3) is 3.03. The number of ether oxygens (including phenoxy) is 2. The molecule has 128 valence electrons. The molecule has 1 amide bonds. The minimum atomic E-state index is -0.418. The number of rotatable bonds is 4. The minimum Gasteiger partial charge on any atom is -0.493 e. The van der Waals surface area contributed by atoms with Crippen LogP contribution < -0.4 is 20.3 Å². The Morgan fingerprint density at radius 2 is 1.72 bits per heavy atom. The van der Waals surface area contributed by atoms with E-state index in [0.29, 0.717) is 28.0 Å². The lowest BCUT2D eigenvalue weighted by Gasteiger charge is -2.11. The van der Waals surface area contributed by atoms with Gasteiger partial charge in [-0.25, -0.2) is 4.68 Å². The topological polar surface area (TPSA) is 82.5 Å². The van der Waals surface area contributed by atoms with Crippen molar-refractivity contribution < 1.29 is 14.3 Å². The van der Waals surface area contributed by atoms with Crippen molar-refractivity contribution in [2.24, 2.45) is 7.05 Å². The molecule has 0 radical (unpaired) electrons. The number of hydrogen-bond acceptors (Lipinski definition) is 5. The van der Waals surface area contributed by atoms with Crippen molar-refractivity contribution in [2.75, 3.05) is 19.5 Å². The first-order valence-electron chi connectivity index (χ1n) is 7.54. The number of carbonyl (C=O) groups is 1. The van der Waals surface area contributed by atoms with Gasteiger partial charge in [0.05, 0.1) is 19.6 Å². The Morgan fingerprint density at radius 1 is 1.04 bits per heavy atom. The van der Waals surface area contributed by atoms with Gasteiger partial charge in [0.25, 0.3) is 11.5 Å². The van der Waals surface area contributed by atoms with Crippen LogP contribution in [0.1, 0.15) is 10.5 Å². The van der Waals surface area contributed by atoms with Gasteiger partial charge in [-0.15, -0.1) is 0 Å². The van der Waals surface area contributed by atoms with Crippen LogP contribution in [0, 0.1) is 0 Å². The second-order valence-electron chi connectivity index (χ2n) is 5.35. The summed E-state index contributed by atoms with van der Waals surface area (Å²) in [5.41, 5.74) is 0.452. The zero-order chi connectivity index (χ0) is 18.0. The van der Waals surface area contributed by atoms with Crippen molar-refractivity contribution in [2.45, 2.75) is 0 Å². The third-order valence-electron chi connectivity index (χ3n) is 3.81. The summed E-state index contributed by atoms with van der Waals surface area (Å²) in [6.07, 6.45) is 0. The van der Waals surface area contributed by atoms with E-state index >= 15 is 0 Å². The van der Waals surface area contributed by atoms with Crippen LogP contribution in [0.15, 0.2) is 47.3 Å². The van der Waals surface area contributed by atoms with Gasteiger partial charge in [-0.1, -0.05) is 18.2 Å². The number of fused-ring (bicyclic) bond motifs is 1. The van der Waals surface area contributed by atoms with E-state index in [2.05, 4.69) is 10.4 Å². The second kappa shape index (κ2) is 6.64. The van der Waals surface area contributed by atoms with Crippen LogP contribution in [0.3, 0.4) is 0 Å². The van der Waals surface area contributed by atoms with E-state index < -0.39 is 5.91 Å². The zero-order valence-corrected chi connectivity index (χ0v) is 14.1. The van der Waals surface area contributed by atoms with Crippen molar-refractivity contribution >= 4 is 22.4 Å². The van der Waals surface area contributed by atoms with E-state index in [-0.39, 0.29) is 11.3 Å². The van der Waals surface area contributed by atoms with Crippen molar-refractivity contribution in [3.8, 4) is 11.5 Å². The maximum Gasteiger partial charge on any atom is 0.276 e. The van der Waals surface area contributed by atoms with Crippen LogP contribution in [0.4, 0.5) is 5.69 Å². The molecule has 0 fully saturated rings. The Bertz CT molecular complexity index is 1010. The molecule has 0 aliphatic carbocycles. The third-order valence-corrected chi connectivity index (χ3v) is 3.81. The average molecular weight is 339 g/mol. The van der Waals surface area contributed by atoms with E-state index in [4.69, 9.17) is 9.47 Å². The maximum absolute atomic E-state index is 12.7. The highest BCUT2D eigenvalue weighted by atomic mass is 16.5. The summed E-state index contributed by atoms with van der Waals surface area (Å²) >= 11 is 0. The molecular weight excluding hydrogens is 322 g/mol. The number of benzene rings is 2. The SMILES string of the molecule is COc1ccc(NC(=O)c2nn(C)c(=O)c3ccccc23)cc1OC. The summed E-state index contributed by atoms with van der Waals surface area (Å²) in [5.74, 6) is 0.642. The number of nitrogens with one attached hydrogen (secondary N) is 1. The summed E-state index contributed by atoms with van der Waals surface area (Å²) in [7, 11) is 4.57. The fourth-order valence-electron chi connectivity index (χ4n) is 2.57.